The molecule has 0 unspecified atom stereocenters. The number of rotatable bonds is 8. The van der Waals surface area contributed by atoms with Crippen molar-refractivity contribution in [2.75, 3.05) is 13.2 Å². The topological polar surface area (TPSA) is 67.4 Å². The Bertz CT molecular complexity index is 595. The average Bonchev–Trinajstić information content (AvgIpc) is 3.33. The summed E-state index contributed by atoms with van der Waals surface area (Å²) < 4.78 is 18.9. The Morgan fingerprint density at radius 2 is 1.96 bits per heavy atom. The molecular weight excluding hydrogens is 323 g/mol. The van der Waals surface area contributed by atoms with Crippen molar-refractivity contribution in [1.82, 2.24) is 10.6 Å². The van der Waals surface area contributed by atoms with Gasteiger partial charge in [0.05, 0.1) is 12.1 Å². The van der Waals surface area contributed by atoms with E-state index < -0.39 is 0 Å². The zero-order valence-corrected chi connectivity index (χ0v) is 14.3. The Morgan fingerprint density at radius 3 is 2.60 bits per heavy atom. The lowest BCUT2D eigenvalue weighted by atomic mass is 9.99. The highest BCUT2D eigenvalue weighted by atomic mass is 19.1. The largest absolute Gasteiger partial charge is 0.376 e. The van der Waals surface area contributed by atoms with Gasteiger partial charge in [-0.05, 0) is 49.8 Å². The van der Waals surface area contributed by atoms with E-state index in [0.717, 1.165) is 31.2 Å². The fourth-order valence-corrected chi connectivity index (χ4v) is 3.12. The molecule has 1 aliphatic heterocycles. The maximum atomic E-state index is 13.2. The Hall–Kier alpha value is -1.95. The lowest BCUT2D eigenvalue weighted by Gasteiger charge is -2.25. The number of benzene rings is 1. The van der Waals surface area contributed by atoms with Gasteiger partial charge in [-0.15, -0.1) is 0 Å². The summed E-state index contributed by atoms with van der Waals surface area (Å²) in [6.45, 7) is 1.20. The number of nitrogens with one attached hydrogen (secondary N) is 2. The highest BCUT2D eigenvalue weighted by Gasteiger charge is 2.30. The molecule has 1 aliphatic carbocycles. The SMILES string of the molecule is O=C(CCCNC(=O)C1CC1)N[C@@H](c1ccc(F)cc1)[C@@H]1CCCO1. The molecule has 0 spiro atoms. The van der Waals surface area contributed by atoms with Gasteiger partial charge >= 0.3 is 0 Å². The Balaban J connectivity index is 1.49. The molecule has 2 amide bonds. The van der Waals surface area contributed by atoms with Crippen LogP contribution in [0.5, 0.6) is 0 Å². The van der Waals surface area contributed by atoms with E-state index in [1.54, 1.807) is 12.1 Å². The Labute approximate surface area is 147 Å². The lowest BCUT2D eigenvalue weighted by Crippen LogP contribution is -2.36. The van der Waals surface area contributed by atoms with E-state index in [1.807, 2.05) is 0 Å². The van der Waals surface area contributed by atoms with E-state index in [-0.39, 0.29) is 35.7 Å². The van der Waals surface area contributed by atoms with Crippen molar-refractivity contribution < 1.29 is 18.7 Å². The summed E-state index contributed by atoms with van der Waals surface area (Å²) in [4.78, 5) is 23.8. The second kappa shape index (κ2) is 8.43. The van der Waals surface area contributed by atoms with E-state index in [9.17, 15) is 14.0 Å². The molecule has 0 radical (unpaired) electrons. The summed E-state index contributed by atoms with van der Waals surface area (Å²) in [5.41, 5.74) is 0.851. The Morgan fingerprint density at radius 1 is 1.20 bits per heavy atom. The van der Waals surface area contributed by atoms with E-state index >= 15 is 0 Å². The summed E-state index contributed by atoms with van der Waals surface area (Å²) in [6.07, 6.45) is 4.66. The predicted molar refractivity (Wildman–Crippen MR) is 91.2 cm³/mol. The van der Waals surface area contributed by atoms with Crippen molar-refractivity contribution in [3.05, 3.63) is 35.6 Å². The number of amides is 2. The molecule has 3 rings (SSSR count). The second-order valence-electron chi connectivity index (χ2n) is 6.82. The van der Waals surface area contributed by atoms with Gasteiger partial charge in [0.25, 0.3) is 0 Å². The van der Waals surface area contributed by atoms with Crippen LogP contribution in [0.25, 0.3) is 0 Å². The van der Waals surface area contributed by atoms with E-state index in [2.05, 4.69) is 10.6 Å². The standard InChI is InChI=1S/C19H25FN2O3/c20-15-9-7-13(8-10-15)18(16-3-2-12-25-16)22-17(23)4-1-11-21-19(24)14-5-6-14/h7-10,14,16,18H,1-6,11-12H2,(H,21,24)(H,22,23)/t16-,18-/m0/s1. The van der Waals surface area contributed by atoms with Crippen LogP contribution in [0.3, 0.4) is 0 Å². The van der Waals surface area contributed by atoms with Crippen molar-refractivity contribution in [3.63, 3.8) is 0 Å². The van der Waals surface area contributed by atoms with Crippen LogP contribution >= 0.6 is 0 Å². The minimum absolute atomic E-state index is 0.0782. The molecule has 25 heavy (non-hydrogen) atoms. The molecule has 5 nitrogen and oxygen atoms in total. The van der Waals surface area contributed by atoms with Gasteiger partial charge < -0.3 is 15.4 Å². The van der Waals surface area contributed by atoms with Gasteiger partial charge in [0.1, 0.15) is 5.82 Å². The summed E-state index contributed by atoms with van der Waals surface area (Å²) in [5, 5.41) is 5.88. The van der Waals surface area contributed by atoms with Crippen molar-refractivity contribution in [2.45, 2.75) is 50.7 Å². The minimum Gasteiger partial charge on any atom is -0.376 e. The third-order valence-corrected chi connectivity index (χ3v) is 4.71. The van der Waals surface area contributed by atoms with E-state index in [0.29, 0.717) is 26.0 Å². The molecule has 2 fully saturated rings. The first kappa shape index (κ1) is 17.9. The van der Waals surface area contributed by atoms with E-state index in [1.165, 1.54) is 12.1 Å². The molecule has 2 atom stereocenters. The summed E-state index contributed by atoms with van der Waals surface area (Å²) in [7, 11) is 0. The van der Waals surface area contributed by atoms with Crippen molar-refractivity contribution in [1.29, 1.82) is 0 Å². The third-order valence-electron chi connectivity index (χ3n) is 4.71. The molecule has 6 heteroatoms. The number of ether oxygens (including phenoxy) is 1. The number of carbonyl (C=O) groups is 2. The van der Waals surface area contributed by atoms with Gasteiger partial charge in [0.2, 0.25) is 11.8 Å². The van der Waals surface area contributed by atoms with E-state index in [4.69, 9.17) is 4.74 Å². The lowest BCUT2D eigenvalue weighted by molar-refractivity contribution is -0.124. The predicted octanol–water partition coefficient (Wildman–Crippen LogP) is 2.47. The monoisotopic (exact) mass is 348 g/mol. The summed E-state index contributed by atoms with van der Waals surface area (Å²) in [5.74, 6) is -0.0850. The van der Waals surface area contributed by atoms with Gasteiger partial charge in [0, 0.05) is 25.5 Å². The van der Waals surface area contributed by atoms with Crippen molar-refractivity contribution in [3.8, 4) is 0 Å². The molecule has 1 saturated carbocycles. The fraction of sp³-hybridized carbons (Fsp3) is 0.579. The van der Waals surface area contributed by atoms with Crippen LogP contribution in [0.4, 0.5) is 4.39 Å². The Kier molecular flexibility index (Phi) is 6.02. The van der Waals surface area contributed by atoms with Crippen LogP contribution in [0.15, 0.2) is 24.3 Å². The molecule has 2 N–H and O–H groups in total. The first-order valence-electron chi connectivity index (χ1n) is 9.07. The minimum atomic E-state index is -0.299. The molecule has 2 aliphatic rings. The molecule has 1 heterocycles. The maximum absolute atomic E-state index is 13.2. The number of halogens is 1. The van der Waals surface area contributed by atoms with Gasteiger partial charge in [-0.25, -0.2) is 4.39 Å². The maximum Gasteiger partial charge on any atom is 0.223 e. The number of carbonyl (C=O) groups excluding carboxylic acids is 2. The zero-order chi connectivity index (χ0) is 17.6. The molecule has 0 aromatic heterocycles. The first-order chi connectivity index (χ1) is 12.1. The van der Waals surface area contributed by atoms with Crippen LogP contribution in [0, 0.1) is 11.7 Å². The number of hydrogen-bond donors (Lipinski definition) is 2. The molecule has 136 valence electrons. The smallest absolute Gasteiger partial charge is 0.223 e. The molecule has 1 aromatic rings. The zero-order valence-electron chi connectivity index (χ0n) is 14.3. The molecule has 1 aromatic carbocycles. The normalized spacial score (nSPS) is 20.9. The van der Waals surface area contributed by atoms with Gasteiger partial charge in [-0.1, -0.05) is 12.1 Å². The van der Waals surface area contributed by atoms with Crippen LogP contribution in [-0.2, 0) is 14.3 Å². The second-order valence-corrected chi connectivity index (χ2v) is 6.82. The number of hydrogen-bond acceptors (Lipinski definition) is 3. The van der Waals surface area contributed by atoms with Crippen molar-refractivity contribution >= 4 is 11.8 Å². The van der Waals surface area contributed by atoms with Crippen LogP contribution in [-0.4, -0.2) is 31.1 Å². The van der Waals surface area contributed by atoms with Crippen LogP contribution in [0.2, 0.25) is 0 Å². The quantitative estimate of drug-likeness (QED) is 0.709. The summed E-state index contributed by atoms with van der Waals surface area (Å²) >= 11 is 0. The highest BCUT2D eigenvalue weighted by molar-refractivity contribution is 5.81. The van der Waals surface area contributed by atoms with Crippen LogP contribution < -0.4 is 10.6 Å². The average molecular weight is 348 g/mol. The molecular formula is C19H25FN2O3. The molecule has 1 saturated heterocycles. The van der Waals surface area contributed by atoms with Gasteiger partial charge in [-0.2, -0.15) is 0 Å². The van der Waals surface area contributed by atoms with Gasteiger partial charge in [0.15, 0.2) is 0 Å². The third kappa shape index (κ3) is 5.26. The van der Waals surface area contributed by atoms with Gasteiger partial charge in [-0.3, -0.25) is 9.59 Å². The van der Waals surface area contributed by atoms with Crippen molar-refractivity contribution in [2.24, 2.45) is 5.92 Å². The van der Waals surface area contributed by atoms with Crippen LogP contribution in [0.1, 0.15) is 50.1 Å². The summed E-state index contributed by atoms with van der Waals surface area (Å²) in [6, 6.07) is 5.92. The fourth-order valence-electron chi connectivity index (χ4n) is 3.12. The first-order valence-corrected chi connectivity index (χ1v) is 9.07. The molecule has 0 bridgehead atoms. The highest BCUT2D eigenvalue weighted by Crippen LogP contribution is 2.29.